The van der Waals surface area contributed by atoms with Gasteiger partial charge in [-0.2, -0.15) is 0 Å². The van der Waals surface area contributed by atoms with Gasteiger partial charge in [-0.1, -0.05) is 18.2 Å². The Morgan fingerprint density at radius 1 is 1.12 bits per heavy atom. The Bertz CT molecular complexity index is 1190. The molecule has 3 rings (SSSR count). The van der Waals surface area contributed by atoms with Crippen molar-refractivity contribution in [3.63, 3.8) is 0 Å². The van der Waals surface area contributed by atoms with Gasteiger partial charge in [-0.3, -0.25) is 9.59 Å². The van der Waals surface area contributed by atoms with Gasteiger partial charge in [-0.15, -0.1) is 11.3 Å². The number of carboxylic acids is 2. The van der Waals surface area contributed by atoms with E-state index in [1.165, 1.54) is 12.1 Å². The Kier molecular flexibility index (Phi) is 7.46. The second-order valence-corrected chi connectivity index (χ2v) is 10.3. The molecule has 1 atom stereocenters. The number of thiophene rings is 1. The van der Waals surface area contributed by atoms with Crippen LogP contribution in [0.4, 0.5) is 5.00 Å². The Morgan fingerprint density at radius 2 is 1.82 bits per heavy atom. The number of benzene rings is 1. The van der Waals surface area contributed by atoms with E-state index in [0.29, 0.717) is 10.4 Å². The maximum absolute atomic E-state index is 12.3. The number of carboxylic acid groups (broad SMARTS) is 2. The fourth-order valence-corrected chi connectivity index (χ4v) is 5.62. The molecule has 0 saturated carbocycles. The molecule has 0 saturated heterocycles. The molecule has 2 amide bonds. The minimum atomic E-state index is -3.60. The molecular formula is C20H20N2O9S2. The monoisotopic (exact) mass is 496 g/mol. The van der Waals surface area contributed by atoms with Gasteiger partial charge in [0.05, 0.1) is 28.9 Å². The quantitative estimate of drug-likeness (QED) is 0.387. The van der Waals surface area contributed by atoms with Gasteiger partial charge in [0.1, 0.15) is 5.00 Å². The number of aromatic carboxylic acids is 1. The van der Waals surface area contributed by atoms with Crippen molar-refractivity contribution in [3.05, 3.63) is 46.3 Å². The minimum Gasteiger partial charge on any atom is -0.478 e. The van der Waals surface area contributed by atoms with Crippen molar-refractivity contribution in [1.29, 1.82) is 0 Å². The van der Waals surface area contributed by atoms with E-state index in [9.17, 15) is 32.7 Å². The van der Waals surface area contributed by atoms with E-state index in [1.54, 1.807) is 18.2 Å². The summed E-state index contributed by atoms with van der Waals surface area (Å²) < 4.78 is 30.2. The predicted octanol–water partition coefficient (Wildman–Crippen LogP) is 0.891. The first-order valence-corrected chi connectivity index (χ1v) is 12.1. The Labute approximate surface area is 192 Å². The second-order valence-electron chi connectivity index (χ2n) is 7.10. The van der Waals surface area contributed by atoms with Gasteiger partial charge in [0.15, 0.2) is 9.84 Å². The SMILES string of the molecule is O=C(CCS(=O)(=O)c1ccccc1)NCC1Cc2c(sc(NC(=O)C(=O)O)c2C(=O)O)CO1. The maximum atomic E-state index is 12.3. The summed E-state index contributed by atoms with van der Waals surface area (Å²) in [6.45, 7) is 0.0432. The van der Waals surface area contributed by atoms with Crippen molar-refractivity contribution >= 4 is 49.9 Å². The lowest BCUT2D eigenvalue weighted by Crippen LogP contribution is -2.37. The van der Waals surface area contributed by atoms with Crippen LogP contribution in [0.2, 0.25) is 0 Å². The van der Waals surface area contributed by atoms with Crippen LogP contribution in [-0.4, -0.2) is 60.8 Å². The molecule has 0 spiro atoms. The third-order valence-electron chi connectivity index (χ3n) is 4.83. The zero-order chi connectivity index (χ0) is 24.2. The largest absolute Gasteiger partial charge is 0.478 e. The van der Waals surface area contributed by atoms with Crippen molar-refractivity contribution in [2.75, 3.05) is 17.6 Å². The normalized spacial score (nSPS) is 15.3. The standard InChI is InChI=1S/C20H20N2O9S2/c23-15(6-7-33(29,30)12-4-2-1-3-5-12)21-9-11-8-13-14(10-31-11)32-18(16(13)19(25)26)22-17(24)20(27)28/h1-5,11H,6-10H2,(H,21,23)(H,22,24)(H,25,26)(H,27,28). The fourth-order valence-electron chi connectivity index (χ4n) is 3.22. The number of rotatable bonds is 8. The van der Waals surface area contributed by atoms with Gasteiger partial charge in [0.25, 0.3) is 0 Å². The molecule has 1 aliphatic heterocycles. The van der Waals surface area contributed by atoms with Gasteiger partial charge < -0.3 is 25.6 Å². The molecule has 0 fully saturated rings. The van der Waals surface area contributed by atoms with E-state index >= 15 is 0 Å². The third kappa shape index (κ3) is 5.94. The van der Waals surface area contributed by atoms with Crippen LogP contribution in [0.15, 0.2) is 35.2 Å². The van der Waals surface area contributed by atoms with E-state index < -0.39 is 39.7 Å². The molecule has 1 unspecified atom stereocenters. The fraction of sp³-hybridized carbons (Fsp3) is 0.300. The molecular weight excluding hydrogens is 476 g/mol. The predicted molar refractivity (Wildman–Crippen MR) is 116 cm³/mol. The first kappa shape index (κ1) is 24.4. The first-order valence-electron chi connectivity index (χ1n) is 9.66. The maximum Gasteiger partial charge on any atom is 0.394 e. The summed E-state index contributed by atoms with van der Waals surface area (Å²) in [5.41, 5.74) is 0.184. The Balaban J connectivity index is 1.59. The molecule has 13 heteroatoms. The number of sulfone groups is 1. The smallest absolute Gasteiger partial charge is 0.394 e. The molecule has 1 aromatic heterocycles. The van der Waals surface area contributed by atoms with E-state index in [-0.39, 0.29) is 47.2 Å². The van der Waals surface area contributed by atoms with Gasteiger partial charge in [-0.25, -0.2) is 18.0 Å². The number of hydrogen-bond donors (Lipinski definition) is 4. The number of amides is 2. The molecule has 1 aromatic carbocycles. The van der Waals surface area contributed by atoms with Gasteiger partial charge >= 0.3 is 17.8 Å². The molecule has 1 aliphatic rings. The number of fused-ring (bicyclic) bond motifs is 1. The zero-order valence-corrected chi connectivity index (χ0v) is 18.7. The van der Waals surface area contributed by atoms with E-state index in [1.807, 2.05) is 0 Å². The highest BCUT2D eigenvalue weighted by atomic mass is 32.2. The topological polar surface area (TPSA) is 176 Å². The van der Waals surface area contributed by atoms with Gasteiger partial charge in [0, 0.05) is 24.3 Å². The van der Waals surface area contributed by atoms with Crippen LogP contribution in [0.1, 0.15) is 27.2 Å². The van der Waals surface area contributed by atoms with Crippen molar-refractivity contribution in [3.8, 4) is 0 Å². The molecule has 4 N–H and O–H groups in total. The highest BCUT2D eigenvalue weighted by Crippen LogP contribution is 2.37. The number of anilines is 1. The van der Waals surface area contributed by atoms with Crippen LogP contribution in [-0.2, 0) is 42.0 Å². The summed E-state index contributed by atoms with van der Waals surface area (Å²) in [5, 5.41) is 22.9. The lowest BCUT2D eigenvalue weighted by Gasteiger charge is -2.23. The summed E-state index contributed by atoms with van der Waals surface area (Å²) in [5.74, 6) is -5.29. The molecule has 2 heterocycles. The van der Waals surface area contributed by atoms with Crippen molar-refractivity contribution in [2.45, 2.75) is 30.4 Å². The highest BCUT2D eigenvalue weighted by molar-refractivity contribution is 7.91. The van der Waals surface area contributed by atoms with Crippen LogP contribution in [0, 0.1) is 0 Å². The summed E-state index contributed by atoms with van der Waals surface area (Å²) in [4.78, 5) is 46.7. The number of ether oxygens (including phenoxy) is 1. The summed E-state index contributed by atoms with van der Waals surface area (Å²) in [6, 6.07) is 7.78. The number of hydrogen-bond acceptors (Lipinski definition) is 8. The molecule has 33 heavy (non-hydrogen) atoms. The minimum absolute atomic E-state index is 0.0200. The molecule has 11 nitrogen and oxygen atoms in total. The van der Waals surface area contributed by atoms with Crippen molar-refractivity contribution < 1.29 is 42.5 Å². The number of nitrogens with one attached hydrogen (secondary N) is 2. The average Bonchev–Trinajstić information content (AvgIpc) is 3.14. The van der Waals surface area contributed by atoms with Gasteiger partial charge in [0.2, 0.25) is 5.91 Å². The molecule has 0 radical (unpaired) electrons. The lowest BCUT2D eigenvalue weighted by atomic mass is 10.0. The molecule has 0 bridgehead atoms. The van der Waals surface area contributed by atoms with E-state index in [0.717, 1.165) is 11.3 Å². The van der Waals surface area contributed by atoms with Crippen LogP contribution in [0.25, 0.3) is 0 Å². The van der Waals surface area contributed by atoms with Crippen molar-refractivity contribution in [1.82, 2.24) is 5.32 Å². The first-order chi connectivity index (χ1) is 15.6. The van der Waals surface area contributed by atoms with Crippen molar-refractivity contribution in [2.24, 2.45) is 0 Å². The summed E-state index contributed by atoms with van der Waals surface area (Å²) >= 11 is 0.916. The second kappa shape index (κ2) is 10.1. The van der Waals surface area contributed by atoms with Crippen LogP contribution >= 0.6 is 11.3 Å². The number of carbonyl (C=O) groups is 4. The van der Waals surface area contributed by atoms with Crippen LogP contribution in [0.5, 0.6) is 0 Å². The highest BCUT2D eigenvalue weighted by Gasteiger charge is 2.31. The third-order valence-corrected chi connectivity index (χ3v) is 7.69. The molecule has 2 aromatic rings. The Morgan fingerprint density at radius 3 is 2.45 bits per heavy atom. The number of carbonyl (C=O) groups excluding carboxylic acids is 2. The van der Waals surface area contributed by atoms with Gasteiger partial charge in [-0.05, 0) is 17.7 Å². The average molecular weight is 497 g/mol. The summed E-state index contributed by atoms with van der Waals surface area (Å²) in [6.07, 6.45) is -0.721. The van der Waals surface area contributed by atoms with E-state index in [2.05, 4.69) is 10.6 Å². The zero-order valence-electron chi connectivity index (χ0n) is 17.1. The lowest BCUT2D eigenvalue weighted by molar-refractivity contribution is -0.147. The van der Waals surface area contributed by atoms with Crippen LogP contribution in [0.3, 0.4) is 0 Å². The Hall–Kier alpha value is -3.29. The molecule has 0 aliphatic carbocycles. The van der Waals surface area contributed by atoms with E-state index in [4.69, 9.17) is 9.84 Å². The number of aliphatic carboxylic acids is 1. The van der Waals surface area contributed by atoms with Crippen LogP contribution < -0.4 is 10.6 Å². The molecule has 176 valence electrons. The summed E-state index contributed by atoms with van der Waals surface area (Å²) in [7, 11) is -3.60.